The van der Waals surface area contributed by atoms with Crippen LogP contribution in [-0.4, -0.2) is 11.0 Å². The molecule has 1 heterocycles. The van der Waals surface area contributed by atoms with Gasteiger partial charge in [0.15, 0.2) is 0 Å². The van der Waals surface area contributed by atoms with E-state index in [9.17, 15) is 4.79 Å². The fourth-order valence-electron chi connectivity index (χ4n) is 3.33. The van der Waals surface area contributed by atoms with Crippen LogP contribution in [0, 0.1) is 5.92 Å². The predicted octanol–water partition coefficient (Wildman–Crippen LogP) is 5.50. The van der Waals surface area contributed by atoms with Crippen molar-refractivity contribution in [3.8, 4) is 11.5 Å². The average Bonchev–Trinajstić information content (AvgIpc) is 3.58. The molecule has 4 heteroatoms. The molecule has 142 valence electrons. The summed E-state index contributed by atoms with van der Waals surface area (Å²) >= 11 is 0. The number of hydrogen-bond acceptors (Lipinski definition) is 4. The number of hydrogen-bond donors (Lipinski definition) is 0. The fraction of sp³-hybridized carbons (Fsp3) is 0.250. The summed E-state index contributed by atoms with van der Waals surface area (Å²) in [5.41, 5.74) is 2.07. The van der Waals surface area contributed by atoms with E-state index in [2.05, 4.69) is 11.1 Å². The second-order valence-electron chi connectivity index (χ2n) is 7.15. The zero-order chi connectivity index (χ0) is 19.2. The van der Waals surface area contributed by atoms with Gasteiger partial charge in [-0.2, -0.15) is 0 Å². The van der Waals surface area contributed by atoms with Crippen LogP contribution in [0.25, 0.3) is 0 Å². The van der Waals surface area contributed by atoms with Crippen LogP contribution >= 0.6 is 0 Å². The Kier molecular flexibility index (Phi) is 5.66. The van der Waals surface area contributed by atoms with Gasteiger partial charge in [-0.15, -0.1) is 0 Å². The van der Waals surface area contributed by atoms with Crippen molar-refractivity contribution in [1.29, 1.82) is 0 Å². The lowest BCUT2D eigenvalue weighted by Crippen LogP contribution is -2.12. The number of aromatic nitrogens is 1. The maximum Gasteiger partial charge on any atom is 0.306 e. The molecule has 1 atom stereocenters. The minimum Gasteiger partial charge on any atom is -0.461 e. The highest BCUT2D eigenvalue weighted by Crippen LogP contribution is 2.44. The highest BCUT2D eigenvalue weighted by Gasteiger charge is 2.34. The van der Waals surface area contributed by atoms with Crippen molar-refractivity contribution in [2.24, 2.45) is 5.92 Å². The standard InChI is InChI=1S/C24H23NO3/c26-24(15-23(19-10-11-19)20-5-4-14-25-16-20)27-17-18-8-12-22(13-9-18)28-21-6-2-1-3-7-21/h1-9,12-14,16,19,23H,10-11,15,17H2. The second kappa shape index (κ2) is 8.70. The maximum atomic E-state index is 12.4. The van der Waals surface area contributed by atoms with Crippen LogP contribution in [0.3, 0.4) is 0 Å². The van der Waals surface area contributed by atoms with Gasteiger partial charge in [0.2, 0.25) is 0 Å². The zero-order valence-electron chi connectivity index (χ0n) is 15.7. The predicted molar refractivity (Wildman–Crippen MR) is 107 cm³/mol. The van der Waals surface area contributed by atoms with E-state index in [4.69, 9.17) is 9.47 Å². The third-order valence-corrected chi connectivity index (χ3v) is 4.99. The van der Waals surface area contributed by atoms with Gasteiger partial charge in [-0.3, -0.25) is 9.78 Å². The Balaban J connectivity index is 1.29. The van der Waals surface area contributed by atoms with E-state index >= 15 is 0 Å². The largest absolute Gasteiger partial charge is 0.461 e. The first-order valence-electron chi connectivity index (χ1n) is 9.65. The number of rotatable bonds is 8. The number of pyridine rings is 1. The van der Waals surface area contributed by atoms with Gasteiger partial charge in [0.05, 0.1) is 6.42 Å². The Morgan fingerprint density at radius 2 is 1.71 bits per heavy atom. The molecule has 0 radical (unpaired) electrons. The quantitative estimate of drug-likeness (QED) is 0.489. The van der Waals surface area contributed by atoms with E-state index in [1.807, 2.05) is 66.9 Å². The summed E-state index contributed by atoms with van der Waals surface area (Å²) in [4.78, 5) is 16.6. The van der Waals surface area contributed by atoms with Gasteiger partial charge < -0.3 is 9.47 Å². The summed E-state index contributed by atoms with van der Waals surface area (Å²) in [7, 11) is 0. The van der Waals surface area contributed by atoms with Gasteiger partial charge in [-0.05, 0) is 66.1 Å². The summed E-state index contributed by atoms with van der Waals surface area (Å²) in [5.74, 6) is 2.18. The third kappa shape index (κ3) is 4.97. The van der Waals surface area contributed by atoms with Crippen LogP contribution in [0.5, 0.6) is 11.5 Å². The Morgan fingerprint density at radius 3 is 2.39 bits per heavy atom. The Bertz CT molecular complexity index is 890. The third-order valence-electron chi connectivity index (χ3n) is 4.99. The molecule has 1 saturated carbocycles. The summed E-state index contributed by atoms with van der Waals surface area (Å²) in [6.45, 7) is 0.273. The van der Waals surface area contributed by atoms with E-state index in [0.717, 1.165) is 22.6 Å². The van der Waals surface area contributed by atoms with Gasteiger partial charge in [0.1, 0.15) is 18.1 Å². The highest BCUT2D eigenvalue weighted by atomic mass is 16.5. The molecule has 0 spiro atoms. The van der Waals surface area contributed by atoms with Crippen molar-refractivity contribution >= 4 is 5.97 Å². The molecule has 2 aromatic carbocycles. The summed E-state index contributed by atoms with van der Waals surface area (Å²) in [6.07, 6.45) is 6.38. The summed E-state index contributed by atoms with van der Waals surface area (Å²) in [5, 5.41) is 0. The van der Waals surface area contributed by atoms with E-state index in [1.54, 1.807) is 6.20 Å². The van der Waals surface area contributed by atoms with E-state index in [-0.39, 0.29) is 18.5 Å². The van der Waals surface area contributed by atoms with Crippen LogP contribution in [0.1, 0.15) is 36.3 Å². The van der Waals surface area contributed by atoms with Gasteiger partial charge in [-0.25, -0.2) is 0 Å². The monoisotopic (exact) mass is 373 g/mol. The maximum absolute atomic E-state index is 12.4. The van der Waals surface area contributed by atoms with Crippen LogP contribution in [-0.2, 0) is 16.1 Å². The van der Waals surface area contributed by atoms with Gasteiger partial charge in [0.25, 0.3) is 0 Å². The molecule has 4 rings (SSSR count). The van der Waals surface area contributed by atoms with Crippen LogP contribution < -0.4 is 4.74 Å². The van der Waals surface area contributed by atoms with Crippen molar-refractivity contribution in [2.75, 3.05) is 0 Å². The van der Waals surface area contributed by atoms with Crippen LogP contribution in [0.2, 0.25) is 0 Å². The topological polar surface area (TPSA) is 48.4 Å². The fourth-order valence-corrected chi connectivity index (χ4v) is 3.33. The molecule has 1 aromatic heterocycles. The molecule has 0 saturated heterocycles. The molecule has 0 amide bonds. The lowest BCUT2D eigenvalue weighted by molar-refractivity contribution is -0.145. The van der Waals surface area contributed by atoms with Gasteiger partial charge >= 0.3 is 5.97 Å². The molecule has 1 aliphatic rings. The van der Waals surface area contributed by atoms with Crippen molar-refractivity contribution in [2.45, 2.75) is 31.8 Å². The first-order chi connectivity index (χ1) is 13.8. The van der Waals surface area contributed by atoms with Gasteiger partial charge in [-0.1, -0.05) is 36.4 Å². The van der Waals surface area contributed by atoms with E-state index in [0.29, 0.717) is 12.3 Å². The smallest absolute Gasteiger partial charge is 0.306 e. The Morgan fingerprint density at radius 1 is 0.964 bits per heavy atom. The van der Waals surface area contributed by atoms with Crippen molar-refractivity contribution in [1.82, 2.24) is 4.98 Å². The van der Waals surface area contributed by atoms with Crippen LogP contribution in [0.4, 0.5) is 0 Å². The van der Waals surface area contributed by atoms with Crippen LogP contribution in [0.15, 0.2) is 79.1 Å². The minimum absolute atomic E-state index is 0.162. The molecule has 28 heavy (non-hydrogen) atoms. The number of ether oxygens (including phenoxy) is 2. The molecular formula is C24H23NO3. The SMILES string of the molecule is O=C(CC(c1cccnc1)C1CC1)OCc1ccc(Oc2ccccc2)cc1. The number of carbonyl (C=O) groups is 1. The number of carbonyl (C=O) groups excluding carboxylic acids is 1. The zero-order valence-corrected chi connectivity index (χ0v) is 15.7. The normalized spacial score (nSPS) is 14.3. The Labute approximate surface area is 165 Å². The van der Waals surface area contributed by atoms with Crippen molar-refractivity contribution < 1.29 is 14.3 Å². The van der Waals surface area contributed by atoms with Crippen molar-refractivity contribution in [3.63, 3.8) is 0 Å². The first-order valence-corrected chi connectivity index (χ1v) is 9.65. The highest BCUT2D eigenvalue weighted by molar-refractivity contribution is 5.70. The number of esters is 1. The molecule has 0 N–H and O–H groups in total. The molecule has 1 fully saturated rings. The van der Waals surface area contributed by atoms with Gasteiger partial charge in [0, 0.05) is 12.4 Å². The second-order valence-corrected chi connectivity index (χ2v) is 7.15. The Hall–Kier alpha value is -3.14. The number of benzene rings is 2. The average molecular weight is 373 g/mol. The number of para-hydroxylation sites is 1. The molecule has 0 bridgehead atoms. The summed E-state index contributed by atoms with van der Waals surface area (Å²) < 4.78 is 11.3. The molecule has 1 aliphatic carbocycles. The first kappa shape index (κ1) is 18.2. The molecule has 1 unspecified atom stereocenters. The molecule has 4 nitrogen and oxygen atoms in total. The minimum atomic E-state index is -0.162. The molecule has 3 aromatic rings. The molecule has 0 aliphatic heterocycles. The van der Waals surface area contributed by atoms with Crippen molar-refractivity contribution in [3.05, 3.63) is 90.3 Å². The lowest BCUT2D eigenvalue weighted by Gasteiger charge is -2.15. The molecular weight excluding hydrogens is 350 g/mol. The number of nitrogens with zero attached hydrogens (tertiary/aromatic N) is 1. The van der Waals surface area contributed by atoms with E-state index < -0.39 is 0 Å². The summed E-state index contributed by atoms with van der Waals surface area (Å²) in [6, 6.07) is 21.2. The lowest BCUT2D eigenvalue weighted by atomic mass is 9.92. The van der Waals surface area contributed by atoms with E-state index in [1.165, 1.54) is 12.8 Å².